The van der Waals surface area contributed by atoms with E-state index in [1.165, 1.54) is 16.8 Å². The van der Waals surface area contributed by atoms with E-state index >= 15 is 0 Å². The number of nitrogen functional groups attached to an aromatic ring is 1. The number of benzene rings is 1. The van der Waals surface area contributed by atoms with Crippen LogP contribution in [-0.2, 0) is 16.4 Å². The van der Waals surface area contributed by atoms with Crippen LogP contribution in [-0.4, -0.2) is 23.4 Å². The molecule has 0 fully saturated rings. The molecule has 0 atom stereocenters. The predicted molar refractivity (Wildman–Crippen MR) is 66.5 cm³/mol. The molecule has 7 heteroatoms. The summed E-state index contributed by atoms with van der Waals surface area (Å²) in [6.45, 7) is 3.84. The number of rotatable bonds is 4. The lowest BCUT2D eigenvalue weighted by Crippen LogP contribution is -2.08. The number of hydrogen-bond donors (Lipinski definition) is 1. The molecule has 0 amide bonds. The second-order valence-electron chi connectivity index (χ2n) is 3.57. The molecule has 2 rings (SSSR count). The fourth-order valence-corrected chi connectivity index (χ4v) is 2.73. The zero-order chi connectivity index (χ0) is 13.2. The Bertz CT molecular complexity index is 662. The summed E-state index contributed by atoms with van der Waals surface area (Å²) in [5, 5.41) is 7.10. The Morgan fingerprint density at radius 2 is 2.00 bits per heavy atom. The molecule has 0 spiro atoms. The van der Waals surface area contributed by atoms with Gasteiger partial charge in [-0.05, 0) is 12.1 Å². The lowest BCUT2D eigenvalue weighted by molar-refractivity contribution is 0.592. The third-order valence-electron chi connectivity index (χ3n) is 2.35. The minimum atomic E-state index is -3.72. The number of nitrogens with zero attached hydrogens (tertiary/aromatic N) is 3. The Morgan fingerprint density at radius 3 is 2.61 bits per heavy atom. The molecule has 1 aromatic carbocycles. The first-order valence-electron chi connectivity index (χ1n) is 5.17. The van der Waals surface area contributed by atoms with Crippen molar-refractivity contribution in [3.8, 4) is 0 Å². The van der Waals surface area contributed by atoms with Gasteiger partial charge < -0.3 is 5.73 Å². The van der Waals surface area contributed by atoms with E-state index in [2.05, 4.69) is 16.9 Å². The van der Waals surface area contributed by atoms with Crippen LogP contribution in [0.2, 0.25) is 0 Å². The van der Waals surface area contributed by atoms with E-state index in [1.54, 1.807) is 24.3 Å². The van der Waals surface area contributed by atoms with Crippen LogP contribution in [0.1, 0.15) is 0 Å². The van der Waals surface area contributed by atoms with E-state index in [1.807, 2.05) is 0 Å². The number of nitrogens with two attached hydrogens (primary N) is 1. The standard InChI is InChI=1S/C11H12N4O2S/c1-2-8-15-10(12)11(13-14-15)18(16,17)9-6-4-3-5-7-9/h2-7H,1,8,12H2. The molecular weight excluding hydrogens is 252 g/mol. The van der Waals surface area contributed by atoms with E-state index in [4.69, 9.17) is 5.73 Å². The van der Waals surface area contributed by atoms with Gasteiger partial charge in [-0.25, -0.2) is 13.1 Å². The summed E-state index contributed by atoms with van der Waals surface area (Å²) < 4.78 is 25.8. The molecule has 0 unspecified atom stereocenters. The second kappa shape index (κ2) is 4.61. The highest BCUT2D eigenvalue weighted by Gasteiger charge is 2.25. The highest BCUT2D eigenvalue weighted by Crippen LogP contribution is 2.23. The zero-order valence-electron chi connectivity index (χ0n) is 9.52. The van der Waals surface area contributed by atoms with Crippen LogP contribution in [0.4, 0.5) is 5.82 Å². The normalized spacial score (nSPS) is 11.3. The van der Waals surface area contributed by atoms with Crippen LogP contribution in [0.5, 0.6) is 0 Å². The van der Waals surface area contributed by atoms with Crippen LogP contribution in [0.25, 0.3) is 0 Å². The second-order valence-corrected chi connectivity index (χ2v) is 5.43. The summed E-state index contributed by atoms with van der Waals surface area (Å²) in [5.74, 6) is 0.0127. The largest absolute Gasteiger partial charge is 0.381 e. The molecule has 2 N–H and O–H groups in total. The SMILES string of the molecule is C=CCn1nnc(S(=O)(=O)c2ccccc2)c1N. The number of anilines is 1. The molecule has 0 saturated heterocycles. The van der Waals surface area contributed by atoms with Gasteiger partial charge in [-0.2, -0.15) is 0 Å². The average Bonchev–Trinajstić information content (AvgIpc) is 2.73. The number of hydrogen-bond acceptors (Lipinski definition) is 5. The minimum Gasteiger partial charge on any atom is -0.381 e. The monoisotopic (exact) mass is 264 g/mol. The van der Waals surface area contributed by atoms with Gasteiger partial charge in [0.05, 0.1) is 11.4 Å². The Labute approximate surface area is 105 Å². The van der Waals surface area contributed by atoms with Gasteiger partial charge in [0, 0.05) is 0 Å². The molecule has 0 radical (unpaired) electrons. The molecular formula is C11H12N4O2S. The third kappa shape index (κ3) is 2.00. The first kappa shape index (κ1) is 12.3. The Hall–Kier alpha value is -2.15. The number of allylic oxidation sites excluding steroid dienone is 1. The first-order chi connectivity index (χ1) is 8.57. The Kier molecular flexibility index (Phi) is 3.15. The van der Waals surface area contributed by atoms with E-state index < -0.39 is 9.84 Å². The van der Waals surface area contributed by atoms with Gasteiger partial charge in [0.2, 0.25) is 14.9 Å². The molecule has 6 nitrogen and oxygen atoms in total. The van der Waals surface area contributed by atoms with E-state index in [-0.39, 0.29) is 15.7 Å². The number of aromatic nitrogens is 3. The smallest absolute Gasteiger partial charge is 0.229 e. The topological polar surface area (TPSA) is 90.9 Å². The minimum absolute atomic E-state index is 0.0127. The Balaban J connectivity index is 2.52. The molecule has 0 aliphatic heterocycles. The van der Waals surface area contributed by atoms with Gasteiger partial charge in [0.1, 0.15) is 0 Å². The third-order valence-corrected chi connectivity index (χ3v) is 4.04. The summed E-state index contributed by atoms with van der Waals surface area (Å²) in [5.41, 5.74) is 5.72. The van der Waals surface area contributed by atoms with Crippen LogP contribution < -0.4 is 5.73 Å². The van der Waals surface area contributed by atoms with Crippen molar-refractivity contribution in [1.82, 2.24) is 15.0 Å². The van der Waals surface area contributed by atoms with Crippen molar-refractivity contribution in [1.29, 1.82) is 0 Å². The summed E-state index contributed by atoms with van der Waals surface area (Å²) >= 11 is 0. The molecule has 0 aliphatic carbocycles. The summed E-state index contributed by atoms with van der Waals surface area (Å²) in [4.78, 5) is 0.141. The van der Waals surface area contributed by atoms with Crippen molar-refractivity contribution in [3.63, 3.8) is 0 Å². The van der Waals surface area contributed by atoms with Gasteiger partial charge in [0.15, 0.2) is 5.82 Å². The summed E-state index contributed by atoms with van der Waals surface area (Å²) in [6.07, 6.45) is 1.56. The van der Waals surface area contributed by atoms with Gasteiger partial charge in [-0.3, -0.25) is 0 Å². The molecule has 18 heavy (non-hydrogen) atoms. The van der Waals surface area contributed by atoms with Gasteiger partial charge >= 0.3 is 0 Å². The highest BCUT2D eigenvalue weighted by atomic mass is 32.2. The van der Waals surface area contributed by atoms with Gasteiger partial charge in [-0.15, -0.1) is 11.7 Å². The van der Waals surface area contributed by atoms with E-state index in [0.717, 1.165) is 0 Å². The summed E-state index contributed by atoms with van der Waals surface area (Å²) in [6, 6.07) is 7.98. The van der Waals surface area contributed by atoms with Crippen LogP contribution in [0.3, 0.4) is 0 Å². The van der Waals surface area contributed by atoms with Crippen molar-refractivity contribution in [2.75, 3.05) is 5.73 Å². The molecule has 1 aromatic heterocycles. The van der Waals surface area contributed by atoms with E-state index in [0.29, 0.717) is 6.54 Å². The van der Waals surface area contributed by atoms with Crippen molar-refractivity contribution in [3.05, 3.63) is 43.0 Å². The van der Waals surface area contributed by atoms with Crippen LogP contribution in [0, 0.1) is 0 Å². The lowest BCUT2D eigenvalue weighted by Gasteiger charge is -2.02. The van der Waals surface area contributed by atoms with Crippen LogP contribution >= 0.6 is 0 Å². The molecule has 0 saturated carbocycles. The molecule has 94 valence electrons. The molecule has 0 bridgehead atoms. The van der Waals surface area contributed by atoms with Crippen molar-refractivity contribution < 1.29 is 8.42 Å². The molecule has 1 heterocycles. The Morgan fingerprint density at radius 1 is 1.33 bits per heavy atom. The zero-order valence-corrected chi connectivity index (χ0v) is 10.3. The molecule has 0 aliphatic rings. The van der Waals surface area contributed by atoms with Gasteiger partial charge in [0.25, 0.3) is 0 Å². The quantitative estimate of drug-likeness (QED) is 0.828. The maximum Gasteiger partial charge on any atom is 0.229 e. The lowest BCUT2D eigenvalue weighted by atomic mass is 10.4. The predicted octanol–water partition coefficient (Wildman–Crippen LogP) is 0.879. The first-order valence-corrected chi connectivity index (χ1v) is 6.65. The summed E-state index contributed by atoms with van der Waals surface area (Å²) in [7, 11) is -3.72. The maximum atomic E-state index is 12.3. The van der Waals surface area contributed by atoms with Crippen LogP contribution in [0.15, 0.2) is 52.9 Å². The van der Waals surface area contributed by atoms with Crippen molar-refractivity contribution in [2.24, 2.45) is 0 Å². The number of sulfone groups is 1. The van der Waals surface area contributed by atoms with Crippen molar-refractivity contribution in [2.45, 2.75) is 16.5 Å². The highest BCUT2D eigenvalue weighted by molar-refractivity contribution is 7.91. The maximum absolute atomic E-state index is 12.3. The molecule has 2 aromatic rings. The van der Waals surface area contributed by atoms with Crippen molar-refractivity contribution >= 4 is 15.7 Å². The van der Waals surface area contributed by atoms with Gasteiger partial charge in [-0.1, -0.05) is 29.5 Å². The fraction of sp³-hybridized carbons (Fsp3) is 0.0909. The fourth-order valence-electron chi connectivity index (χ4n) is 1.46. The van der Waals surface area contributed by atoms with E-state index in [9.17, 15) is 8.42 Å². The average molecular weight is 264 g/mol.